The molecule has 2 atom stereocenters. The van der Waals surface area contributed by atoms with Crippen LogP contribution in [0.25, 0.3) is 0 Å². The van der Waals surface area contributed by atoms with E-state index >= 15 is 0 Å². The average molecular weight is 562 g/mol. The van der Waals surface area contributed by atoms with Crippen LogP contribution >= 0.6 is 0 Å². The molecule has 1 aliphatic rings. The fourth-order valence-corrected chi connectivity index (χ4v) is 5.00. The van der Waals surface area contributed by atoms with Crippen LogP contribution in [0.4, 0.5) is 0 Å². The predicted octanol–water partition coefficient (Wildman–Crippen LogP) is 5.88. The summed E-state index contributed by atoms with van der Waals surface area (Å²) in [7, 11) is 0. The summed E-state index contributed by atoms with van der Waals surface area (Å²) in [6.45, 7) is 5.72. The number of ether oxygens (including phenoxy) is 3. The number of carbonyl (C=O) groups excluding carboxylic acids is 3. The van der Waals surface area contributed by atoms with Crippen molar-refractivity contribution in [3.8, 4) is 11.5 Å². The van der Waals surface area contributed by atoms with Crippen molar-refractivity contribution in [1.29, 1.82) is 0 Å². The molecule has 9 nitrogen and oxygen atoms in total. The molecule has 40 heavy (non-hydrogen) atoms. The number of nitrogens with two attached hydrogens (primary N) is 1. The van der Waals surface area contributed by atoms with Gasteiger partial charge in [0.05, 0.1) is 5.92 Å². The van der Waals surface area contributed by atoms with Crippen LogP contribution in [-0.4, -0.2) is 40.6 Å². The maximum Gasteiger partial charge on any atom is 0.324 e. The number of carboxylic acids is 1. The Morgan fingerprint density at radius 1 is 0.925 bits per heavy atom. The first-order valence-electron chi connectivity index (χ1n) is 14.8. The number of unbranched alkanes of at least 4 members (excludes halogenated alkanes) is 4. The topological polar surface area (TPSA) is 142 Å². The molecule has 1 unspecified atom stereocenters. The molecule has 1 aliphatic carbocycles. The average Bonchev–Trinajstić information content (AvgIpc) is 2.90. The third-order valence-electron chi connectivity index (χ3n) is 7.28. The van der Waals surface area contributed by atoms with Crippen molar-refractivity contribution in [2.75, 3.05) is 0 Å². The summed E-state index contributed by atoms with van der Waals surface area (Å²) in [6.07, 6.45) is 9.25. The number of carbonyl (C=O) groups is 4. The van der Waals surface area contributed by atoms with Crippen molar-refractivity contribution in [1.82, 2.24) is 0 Å². The summed E-state index contributed by atoms with van der Waals surface area (Å²) in [4.78, 5) is 49.7. The second-order valence-electron chi connectivity index (χ2n) is 11.1. The fourth-order valence-electron chi connectivity index (χ4n) is 5.00. The number of aliphatic carboxylic acids is 1. The zero-order valence-electron chi connectivity index (χ0n) is 24.4. The molecule has 1 aromatic carbocycles. The number of esters is 3. The van der Waals surface area contributed by atoms with Crippen molar-refractivity contribution in [2.45, 2.75) is 129 Å². The zero-order valence-corrected chi connectivity index (χ0v) is 24.4. The van der Waals surface area contributed by atoms with E-state index in [0.717, 1.165) is 57.8 Å². The smallest absolute Gasteiger partial charge is 0.324 e. The van der Waals surface area contributed by atoms with Gasteiger partial charge in [-0.1, -0.05) is 64.9 Å². The van der Waals surface area contributed by atoms with E-state index in [4.69, 9.17) is 19.9 Å². The molecule has 0 spiro atoms. The number of hydrogen-bond acceptors (Lipinski definition) is 8. The number of carboxylic acid groups (broad SMARTS) is 1. The molecular weight excluding hydrogens is 514 g/mol. The maximum atomic E-state index is 12.6. The van der Waals surface area contributed by atoms with Crippen molar-refractivity contribution in [2.24, 2.45) is 11.7 Å². The Morgan fingerprint density at radius 2 is 1.50 bits per heavy atom. The van der Waals surface area contributed by atoms with Crippen LogP contribution in [0.3, 0.4) is 0 Å². The van der Waals surface area contributed by atoms with Gasteiger partial charge in [0.2, 0.25) is 0 Å². The summed E-state index contributed by atoms with van der Waals surface area (Å²) in [5, 5.41) is 10.0. The van der Waals surface area contributed by atoms with Gasteiger partial charge in [-0.3, -0.25) is 19.2 Å². The molecule has 0 saturated heterocycles. The van der Waals surface area contributed by atoms with Gasteiger partial charge in [0, 0.05) is 25.7 Å². The van der Waals surface area contributed by atoms with E-state index in [1.54, 1.807) is 13.0 Å². The Kier molecular flexibility index (Phi) is 14.1. The minimum absolute atomic E-state index is 0.0485. The lowest BCUT2D eigenvalue weighted by Gasteiger charge is -2.29. The highest BCUT2D eigenvalue weighted by atomic mass is 16.6. The normalized spacial score (nSPS) is 16.0. The molecular formula is C31H47NO8. The van der Waals surface area contributed by atoms with Gasteiger partial charge in [0.25, 0.3) is 0 Å². The lowest BCUT2D eigenvalue weighted by molar-refractivity contribution is -0.158. The lowest BCUT2D eigenvalue weighted by Crippen LogP contribution is -2.52. The second-order valence-corrected chi connectivity index (χ2v) is 11.1. The fraction of sp³-hybridized carbons (Fsp3) is 0.677. The highest BCUT2D eigenvalue weighted by Gasteiger charge is 2.38. The van der Waals surface area contributed by atoms with E-state index in [0.29, 0.717) is 18.4 Å². The summed E-state index contributed by atoms with van der Waals surface area (Å²) >= 11 is 0. The van der Waals surface area contributed by atoms with E-state index in [2.05, 4.69) is 0 Å². The molecule has 1 aromatic rings. The monoisotopic (exact) mass is 561 g/mol. The third kappa shape index (κ3) is 11.3. The Bertz CT molecular complexity index is 988. The standard InChI is InChI=1S/C31H47NO8/c1-4-6-9-15-27(33)39-25-18-17-23(19-26(25)40-28(34)16-10-7-5-2)21-31(32,30(36)37)20-22(3)38-29(35)24-13-11-8-12-14-24/h17-19,22,24H,4-16,20-21,32H2,1-3H3,(H,36,37)/t22-,31?/m0/s1. The minimum Gasteiger partial charge on any atom is -0.480 e. The molecule has 1 saturated carbocycles. The van der Waals surface area contributed by atoms with Gasteiger partial charge in [-0.25, -0.2) is 0 Å². The second kappa shape index (κ2) is 17.0. The molecule has 1 fully saturated rings. The van der Waals surface area contributed by atoms with Crippen molar-refractivity contribution in [3.05, 3.63) is 23.8 Å². The van der Waals surface area contributed by atoms with Crippen LogP contribution in [0.2, 0.25) is 0 Å². The Labute approximate surface area is 238 Å². The first-order chi connectivity index (χ1) is 19.1. The van der Waals surface area contributed by atoms with Crippen LogP contribution in [0.1, 0.15) is 116 Å². The zero-order chi connectivity index (χ0) is 29.5. The summed E-state index contributed by atoms with van der Waals surface area (Å²) in [6, 6.07) is 4.60. The van der Waals surface area contributed by atoms with Crippen LogP contribution in [-0.2, 0) is 30.3 Å². The van der Waals surface area contributed by atoms with E-state index in [1.165, 1.54) is 12.1 Å². The van der Waals surface area contributed by atoms with E-state index in [1.807, 2.05) is 13.8 Å². The van der Waals surface area contributed by atoms with Crippen molar-refractivity contribution >= 4 is 23.9 Å². The van der Waals surface area contributed by atoms with E-state index < -0.39 is 29.6 Å². The summed E-state index contributed by atoms with van der Waals surface area (Å²) in [5.41, 5.74) is 5.10. The van der Waals surface area contributed by atoms with Gasteiger partial charge < -0.3 is 25.1 Å². The minimum atomic E-state index is -1.74. The molecule has 224 valence electrons. The Balaban J connectivity index is 2.17. The van der Waals surface area contributed by atoms with Crippen molar-refractivity contribution in [3.63, 3.8) is 0 Å². The molecule has 0 aromatic heterocycles. The van der Waals surface area contributed by atoms with Crippen LogP contribution in [0, 0.1) is 5.92 Å². The van der Waals surface area contributed by atoms with E-state index in [-0.39, 0.29) is 49.1 Å². The lowest BCUT2D eigenvalue weighted by atomic mass is 9.86. The largest absolute Gasteiger partial charge is 0.480 e. The van der Waals surface area contributed by atoms with Crippen molar-refractivity contribution < 1.29 is 38.5 Å². The van der Waals surface area contributed by atoms with Crippen LogP contribution in [0.15, 0.2) is 18.2 Å². The maximum absolute atomic E-state index is 12.6. The molecule has 9 heteroatoms. The van der Waals surface area contributed by atoms with Crippen LogP contribution < -0.4 is 15.2 Å². The summed E-state index contributed by atoms with van der Waals surface area (Å²) in [5.74, 6) is -2.44. The molecule has 0 heterocycles. The molecule has 2 rings (SSSR count). The predicted molar refractivity (Wildman–Crippen MR) is 151 cm³/mol. The Morgan fingerprint density at radius 3 is 2.05 bits per heavy atom. The summed E-state index contributed by atoms with van der Waals surface area (Å²) < 4.78 is 16.6. The van der Waals surface area contributed by atoms with Gasteiger partial charge in [0.15, 0.2) is 11.5 Å². The van der Waals surface area contributed by atoms with Gasteiger partial charge in [0.1, 0.15) is 11.6 Å². The third-order valence-corrected chi connectivity index (χ3v) is 7.28. The number of hydrogen-bond donors (Lipinski definition) is 2. The first-order valence-corrected chi connectivity index (χ1v) is 14.8. The molecule has 0 bridgehead atoms. The van der Waals surface area contributed by atoms with Gasteiger partial charge in [-0.2, -0.15) is 0 Å². The first kappa shape index (κ1) is 33.3. The van der Waals surface area contributed by atoms with Gasteiger partial charge in [-0.05, 0) is 50.3 Å². The van der Waals surface area contributed by atoms with Gasteiger partial charge in [-0.15, -0.1) is 0 Å². The quantitative estimate of drug-likeness (QED) is 0.135. The van der Waals surface area contributed by atoms with Gasteiger partial charge >= 0.3 is 23.9 Å². The van der Waals surface area contributed by atoms with E-state index in [9.17, 15) is 24.3 Å². The highest BCUT2D eigenvalue weighted by molar-refractivity contribution is 5.80. The number of rotatable bonds is 17. The van der Waals surface area contributed by atoms with Crippen LogP contribution in [0.5, 0.6) is 11.5 Å². The number of benzene rings is 1. The SMILES string of the molecule is CCCCCC(=O)Oc1ccc(CC(N)(C[C@H](C)OC(=O)C2CCCCC2)C(=O)O)cc1OC(=O)CCCCC. The Hall–Kier alpha value is -2.94. The molecule has 3 N–H and O–H groups in total. The molecule has 0 amide bonds. The highest BCUT2D eigenvalue weighted by Crippen LogP contribution is 2.32. The molecule has 0 aliphatic heterocycles. The molecule has 0 radical (unpaired) electrons.